The highest BCUT2D eigenvalue weighted by atomic mass is 35.5. The highest BCUT2D eigenvalue weighted by Crippen LogP contribution is 2.42. The zero-order valence-corrected chi connectivity index (χ0v) is 19.6. The van der Waals surface area contributed by atoms with E-state index in [0.29, 0.717) is 15.5 Å². The summed E-state index contributed by atoms with van der Waals surface area (Å²) in [5.41, 5.74) is -1.40. The number of alkyl halides is 3. The van der Waals surface area contributed by atoms with Crippen LogP contribution in [0, 0.1) is 6.92 Å². The van der Waals surface area contributed by atoms with Gasteiger partial charge in [0, 0.05) is 23.5 Å². The first-order valence-electron chi connectivity index (χ1n) is 8.47. The normalized spacial score (nSPS) is 10.4. The number of carbonyl (C=O) groups is 1. The van der Waals surface area contributed by atoms with Crippen LogP contribution in [0.1, 0.15) is 42.4 Å². The average molecular weight is 489 g/mol. The lowest BCUT2D eigenvalue weighted by Gasteiger charge is -2.13. The van der Waals surface area contributed by atoms with E-state index >= 15 is 0 Å². The molecule has 2 aromatic rings. The second-order valence-electron chi connectivity index (χ2n) is 5.09. The highest BCUT2D eigenvalue weighted by molar-refractivity contribution is 7.99. The quantitative estimate of drug-likeness (QED) is 0.366. The Morgan fingerprint density at radius 3 is 2.28 bits per heavy atom. The van der Waals surface area contributed by atoms with E-state index in [4.69, 9.17) is 34.8 Å². The predicted octanol–water partition coefficient (Wildman–Crippen LogP) is 6.92. The van der Waals surface area contributed by atoms with Gasteiger partial charge in [0.15, 0.2) is 6.29 Å². The number of aldehydes is 1. The number of halogens is 5. The number of hydrogen-bond donors (Lipinski definition) is 1. The Morgan fingerprint density at radius 2 is 1.83 bits per heavy atom. The Hall–Kier alpha value is -1.12. The lowest BCUT2D eigenvalue weighted by atomic mass is 10.2. The number of rotatable bonds is 5. The van der Waals surface area contributed by atoms with Gasteiger partial charge in [0.05, 0.1) is 15.6 Å². The van der Waals surface area contributed by atoms with Crippen molar-refractivity contribution in [2.75, 3.05) is 13.7 Å². The molecule has 1 heterocycles. The fourth-order valence-corrected chi connectivity index (χ4v) is 3.50. The van der Waals surface area contributed by atoms with Gasteiger partial charge in [0.1, 0.15) is 5.69 Å². The Balaban J connectivity index is 0.00000116. The van der Waals surface area contributed by atoms with E-state index in [1.54, 1.807) is 26.2 Å². The highest BCUT2D eigenvalue weighted by Gasteiger charge is 2.31. The van der Waals surface area contributed by atoms with Crippen molar-refractivity contribution in [3.05, 3.63) is 55.4 Å². The topological polar surface area (TPSA) is 59.2 Å². The number of carbonyl (C=O) groups excluding carboxylic acids is 1. The van der Waals surface area contributed by atoms with E-state index in [1.165, 1.54) is 0 Å². The van der Waals surface area contributed by atoms with Gasteiger partial charge in [-0.25, -0.2) is 0 Å². The molecular weight excluding hydrogens is 467 g/mol. The molecule has 0 amide bonds. The molecular formula is C19H22Cl3F2NO3S. The minimum atomic E-state index is -3.78. The van der Waals surface area contributed by atoms with Crippen molar-refractivity contribution in [1.82, 2.24) is 4.98 Å². The van der Waals surface area contributed by atoms with Crippen molar-refractivity contribution in [2.45, 2.75) is 42.9 Å². The van der Waals surface area contributed by atoms with E-state index in [2.05, 4.69) is 4.74 Å². The summed E-state index contributed by atoms with van der Waals surface area (Å²) in [5.74, 6) is 0. The van der Waals surface area contributed by atoms with Crippen molar-refractivity contribution in [1.29, 1.82) is 0 Å². The third-order valence-corrected chi connectivity index (χ3v) is 5.62. The molecule has 0 bridgehead atoms. The molecule has 0 spiro atoms. The van der Waals surface area contributed by atoms with Gasteiger partial charge >= 0.3 is 5.38 Å². The molecule has 0 atom stereocenters. The number of aromatic amines is 1. The molecule has 0 aliphatic rings. The van der Waals surface area contributed by atoms with Crippen LogP contribution in [0.4, 0.5) is 8.78 Å². The average Bonchev–Trinajstić information content (AvgIpc) is 2.69. The summed E-state index contributed by atoms with van der Waals surface area (Å²) in [4.78, 5) is 25.1. The second-order valence-corrected chi connectivity index (χ2v) is 7.40. The van der Waals surface area contributed by atoms with Crippen LogP contribution in [-0.2, 0) is 10.1 Å². The van der Waals surface area contributed by atoms with Crippen LogP contribution in [0.5, 0.6) is 0 Å². The van der Waals surface area contributed by atoms with Crippen molar-refractivity contribution >= 4 is 52.9 Å². The van der Waals surface area contributed by atoms with E-state index in [0.717, 1.165) is 24.4 Å². The Morgan fingerprint density at radius 1 is 1.28 bits per heavy atom. The van der Waals surface area contributed by atoms with Gasteiger partial charge in [-0.2, -0.15) is 8.78 Å². The standard InChI is InChI=1S/C14H8Cl3F2NO2S.C3H8O.C2H6/c1-6-2-3-8(15)12(11(6)16)23-9-4-10(14(17,18)19)20-13(22)7(9)5-21;1-3-4-2;1-2/h2-5H,1H3,(H,20,22);3H2,1-2H3;1-2H3. The van der Waals surface area contributed by atoms with Gasteiger partial charge in [-0.1, -0.05) is 54.9 Å². The fourth-order valence-electron chi connectivity index (χ4n) is 1.73. The first kappa shape index (κ1) is 27.9. The third kappa shape index (κ3) is 8.26. The third-order valence-electron chi connectivity index (χ3n) is 3.20. The van der Waals surface area contributed by atoms with E-state index in [9.17, 15) is 18.4 Å². The van der Waals surface area contributed by atoms with E-state index in [-0.39, 0.29) is 21.8 Å². The molecule has 2 rings (SSSR count). The monoisotopic (exact) mass is 487 g/mol. The first-order chi connectivity index (χ1) is 13.6. The lowest BCUT2D eigenvalue weighted by molar-refractivity contribution is 0.0891. The van der Waals surface area contributed by atoms with Gasteiger partial charge in [0.25, 0.3) is 5.56 Å². The fraction of sp³-hybridized carbons (Fsp3) is 0.368. The Labute approximate surface area is 187 Å². The van der Waals surface area contributed by atoms with Gasteiger partial charge in [-0.05, 0) is 43.1 Å². The molecule has 29 heavy (non-hydrogen) atoms. The summed E-state index contributed by atoms with van der Waals surface area (Å²) in [5, 5.41) is -3.21. The zero-order valence-electron chi connectivity index (χ0n) is 16.5. The predicted molar refractivity (Wildman–Crippen MR) is 116 cm³/mol. The van der Waals surface area contributed by atoms with Crippen LogP contribution in [0.2, 0.25) is 10.0 Å². The molecule has 0 aliphatic heterocycles. The number of aromatic nitrogens is 1. The number of pyridine rings is 1. The summed E-state index contributed by atoms with van der Waals surface area (Å²) in [6.07, 6.45) is 0.273. The van der Waals surface area contributed by atoms with Crippen molar-refractivity contribution in [3.8, 4) is 0 Å². The minimum Gasteiger partial charge on any atom is -0.385 e. The van der Waals surface area contributed by atoms with Crippen molar-refractivity contribution < 1.29 is 18.3 Å². The number of methoxy groups -OCH3 is 1. The molecule has 1 N–H and O–H groups in total. The summed E-state index contributed by atoms with van der Waals surface area (Å²) in [6.45, 7) is 8.51. The molecule has 0 radical (unpaired) electrons. The number of hydrogen-bond acceptors (Lipinski definition) is 4. The number of nitrogens with one attached hydrogen (secondary N) is 1. The van der Waals surface area contributed by atoms with Crippen LogP contribution in [0.3, 0.4) is 0 Å². The maximum Gasteiger partial charge on any atom is 0.362 e. The molecule has 0 saturated heterocycles. The molecule has 0 aliphatic carbocycles. The van der Waals surface area contributed by atoms with Gasteiger partial charge < -0.3 is 9.72 Å². The van der Waals surface area contributed by atoms with Gasteiger partial charge in [0.2, 0.25) is 0 Å². The van der Waals surface area contributed by atoms with Crippen molar-refractivity contribution in [2.24, 2.45) is 0 Å². The molecule has 0 unspecified atom stereocenters. The number of aryl methyl sites for hydroxylation is 1. The Bertz CT molecular complexity index is 869. The van der Waals surface area contributed by atoms with Crippen LogP contribution in [0.25, 0.3) is 0 Å². The van der Waals surface area contributed by atoms with Crippen LogP contribution in [-0.4, -0.2) is 25.0 Å². The van der Waals surface area contributed by atoms with E-state index < -0.39 is 16.6 Å². The molecule has 0 saturated carbocycles. The lowest BCUT2D eigenvalue weighted by Crippen LogP contribution is -2.20. The van der Waals surface area contributed by atoms with E-state index in [1.807, 2.05) is 25.8 Å². The molecule has 0 fully saturated rings. The number of H-pyrrole nitrogens is 1. The van der Waals surface area contributed by atoms with Crippen LogP contribution in [0.15, 0.2) is 32.8 Å². The van der Waals surface area contributed by atoms with Crippen LogP contribution >= 0.6 is 46.6 Å². The van der Waals surface area contributed by atoms with Crippen molar-refractivity contribution in [3.63, 3.8) is 0 Å². The van der Waals surface area contributed by atoms with Gasteiger partial charge in [-0.15, -0.1) is 0 Å². The maximum absolute atomic E-state index is 13.3. The molecule has 1 aromatic heterocycles. The SMILES string of the molecule is CC.CCOC.Cc1ccc(Cl)c(Sc2cc(C(F)(F)Cl)[nH]c(=O)c2C=O)c1Cl. The number of ether oxygens (including phenoxy) is 1. The molecule has 10 heteroatoms. The van der Waals surface area contributed by atoms with Gasteiger partial charge in [-0.3, -0.25) is 9.59 Å². The smallest absolute Gasteiger partial charge is 0.362 e. The molecule has 1 aromatic carbocycles. The number of benzene rings is 1. The zero-order chi connectivity index (χ0) is 22.8. The van der Waals surface area contributed by atoms with Crippen LogP contribution < -0.4 is 5.56 Å². The summed E-state index contributed by atoms with van der Waals surface area (Å²) < 4.78 is 31.1. The molecule has 162 valence electrons. The molecule has 4 nitrogen and oxygen atoms in total. The Kier molecular flexibility index (Phi) is 12.7. The first-order valence-corrected chi connectivity index (χ1v) is 10.4. The summed E-state index contributed by atoms with van der Waals surface area (Å²) in [7, 11) is 1.68. The summed E-state index contributed by atoms with van der Waals surface area (Å²) >= 11 is 18.0. The maximum atomic E-state index is 13.3. The second kappa shape index (κ2) is 13.2. The largest absolute Gasteiger partial charge is 0.385 e. The summed E-state index contributed by atoms with van der Waals surface area (Å²) in [6, 6.07) is 4.19. The minimum absolute atomic E-state index is 0.0199.